The van der Waals surface area contributed by atoms with Crippen LogP contribution in [0.4, 0.5) is 5.69 Å². The van der Waals surface area contributed by atoms with Gasteiger partial charge in [0.1, 0.15) is 0 Å². The number of ether oxygens (including phenoxy) is 1. The Bertz CT molecular complexity index is 655. The van der Waals surface area contributed by atoms with Crippen molar-refractivity contribution < 1.29 is 9.53 Å². The third-order valence-electron chi connectivity index (χ3n) is 3.87. The molecule has 108 valence electrons. The maximum Gasteiger partial charge on any atom is 0.173 e. The molecule has 1 heterocycles. The average molecular weight is 347 g/mol. The monoisotopic (exact) mass is 346 g/mol. The van der Waals surface area contributed by atoms with Crippen LogP contribution in [0.5, 0.6) is 0 Å². The summed E-state index contributed by atoms with van der Waals surface area (Å²) >= 11 is 3.63. The van der Waals surface area contributed by atoms with Crippen LogP contribution in [0.1, 0.15) is 17.5 Å². The maximum atomic E-state index is 11.9. The summed E-state index contributed by atoms with van der Waals surface area (Å²) in [6.07, 6.45) is 2.50. The van der Waals surface area contributed by atoms with Gasteiger partial charge in [0.15, 0.2) is 5.78 Å². The van der Waals surface area contributed by atoms with E-state index in [1.807, 2.05) is 12.1 Å². The molecule has 1 aromatic carbocycles. The van der Waals surface area contributed by atoms with E-state index in [0.29, 0.717) is 6.42 Å². The Kier molecular flexibility index (Phi) is 4.09. The molecule has 1 saturated heterocycles. The highest BCUT2D eigenvalue weighted by atomic mass is 79.9. The first kappa shape index (κ1) is 14.3. The molecule has 3 rings (SSSR count). The second kappa shape index (κ2) is 6.00. The van der Waals surface area contributed by atoms with Gasteiger partial charge < -0.3 is 9.64 Å². The zero-order valence-corrected chi connectivity index (χ0v) is 13.1. The predicted molar refractivity (Wildman–Crippen MR) is 84.1 cm³/mol. The van der Waals surface area contributed by atoms with Crippen molar-refractivity contribution >= 4 is 33.5 Å². The largest absolute Gasteiger partial charge is 0.378 e. The number of carbonyl (C=O) groups is 1. The molecule has 1 aliphatic heterocycles. The molecule has 0 bridgehead atoms. The van der Waals surface area contributed by atoms with Crippen LogP contribution in [-0.2, 0) is 16.0 Å². The number of nitriles is 1. The minimum absolute atomic E-state index is 0.0443. The number of halogens is 1. The number of Topliss-reactive ketones (excluding diaryl/α,β-unsaturated/α-hetero) is 1. The van der Waals surface area contributed by atoms with Crippen molar-refractivity contribution in [3.05, 3.63) is 33.3 Å². The Morgan fingerprint density at radius 3 is 2.86 bits per heavy atom. The highest BCUT2D eigenvalue weighted by molar-refractivity contribution is 9.10. The summed E-state index contributed by atoms with van der Waals surface area (Å²) in [5, 5.41) is 8.65. The fourth-order valence-corrected chi connectivity index (χ4v) is 3.40. The smallest absolute Gasteiger partial charge is 0.173 e. The Morgan fingerprint density at radius 1 is 1.38 bits per heavy atom. The molecule has 4 nitrogen and oxygen atoms in total. The predicted octanol–water partition coefficient (Wildman–Crippen LogP) is 2.71. The number of anilines is 1. The number of hydrogen-bond acceptors (Lipinski definition) is 4. The van der Waals surface area contributed by atoms with Gasteiger partial charge in [0, 0.05) is 29.6 Å². The van der Waals surface area contributed by atoms with Crippen molar-refractivity contribution in [3.8, 4) is 6.07 Å². The molecule has 0 N–H and O–H groups in total. The van der Waals surface area contributed by atoms with E-state index in [2.05, 4.69) is 33.0 Å². The van der Waals surface area contributed by atoms with Gasteiger partial charge >= 0.3 is 0 Å². The summed E-state index contributed by atoms with van der Waals surface area (Å²) in [7, 11) is 0. The highest BCUT2D eigenvalue weighted by Crippen LogP contribution is 2.35. The van der Waals surface area contributed by atoms with Gasteiger partial charge in [-0.15, -0.1) is 0 Å². The molecular formula is C16H15BrN2O2. The van der Waals surface area contributed by atoms with Gasteiger partial charge in [0.25, 0.3) is 0 Å². The lowest BCUT2D eigenvalue weighted by atomic mass is 10.1. The Labute approximate surface area is 132 Å². The number of carbonyl (C=O) groups excluding carboxylic acids is 1. The average Bonchev–Trinajstić information content (AvgIpc) is 2.90. The van der Waals surface area contributed by atoms with Crippen molar-refractivity contribution in [2.75, 3.05) is 31.2 Å². The van der Waals surface area contributed by atoms with E-state index < -0.39 is 0 Å². The molecule has 0 radical (unpaired) electrons. The molecule has 0 amide bonds. The molecule has 0 spiro atoms. The van der Waals surface area contributed by atoms with Crippen LogP contribution in [-0.4, -0.2) is 32.1 Å². The lowest BCUT2D eigenvalue weighted by molar-refractivity contribution is -0.114. The molecule has 2 aliphatic rings. The summed E-state index contributed by atoms with van der Waals surface area (Å²) in [6.45, 7) is 3.24. The van der Waals surface area contributed by atoms with Crippen LogP contribution in [0.3, 0.4) is 0 Å². The Hall–Kier alpha value is -1.64. The molecule has 0 unspecified atom stereocenters. The van der Waals surface area contributed by atoms with Gasteiger partial charge in [0.05, 0.1) is 31.4 Å². The second-order valence-corrected chi connectivity index (χ2v) is 6.06. The van der Waals surface area contributed by atoms with Crippen molar-refractivity contribution in [2.45, 2.75) is 12.8 Å². The molecule has 5 heteroatoms. The van der Waals surface area contributed by atoms with Gasteiger partial charge in [0.2, 0.25) is 0 Å². The Balaban J connectivity index is 1.89. The van der Waals surface area contributed by atoms with Crippen LogP contribution in [0.2, 0.25) is 0 Å². The Morgan fingerprint density at radius 2 is 2.14 bits per heavy atom. The fraction of sp³-hybridized carbons (Fsp3) is 0.375. The molecule has 21 heavy (non-hydrogen) atoms. The van der Waals surface area contributed by atoms with Crippen molar-refractivity contribution in [2.24, 2.45) is 0 Å². The summed E-state index contributed by atoms with van der Waals surface area (Å²) in [5.74, 6) is -0.0715. The van der Waals surface area contributed by atoms with E-state index in [4.69, 9.17) is 10.00 Å². The third kappa shape index (κ3) is 2.87. The fourth-order valence-electron chi connectivity index (χ4n) is 2.76. The van der Waals surface area contributed by atoms with Gasteiger partial charge in [-0.2, -0.15) is 5.26 Å². The molecule has 0 aromatic heterocycles. The third-order valence-corrected chi connectivity index (χ3v) is 4.50. The van der Waals surface area contributed by atoms with Gasteiger partial charge in [-0.05, 0) is 45.3 Å². The van der Waals surface area contributed by atoms with Gasteiger partial charge in [-0.1, -0.05) is 0 Å². The first-order valence-corrected chi connectivity index (χ1v) is 7.74. The second-order valence-electron chi connectivity index (χ2n) is 5.21. The molecule has 1 aromatic rings. The summed E-state index contributed by atoms with van der Waals surface area (Å²) < 4.78 is 6.43. The van der Waals surface area contributed by atoms with Crippen LogP contribution in [0, 0.1) is 11.3 Å². The van der Waals surface area contributed by atoms with E-state index >= 15 is 0 Å². The number of morpholine rings is 1. The maximum absolute atomic E-state index is 11.9. The van der Waals surface area contributed by atoms with Crippen molar-refractivity contribution in [3.63, 3.8) is 0 Å². The van der Waals surface area contributed by atoms with E-state index in [-0.39, 0.29) is 12.2 Å². The summed E-state index contributed by atoms with van der Waals surface area (Å²) in [4.78, 5) is 14.1. The van der Waals surface area contributed by atoms with Gasteiger partial charge in [-0.3, -0.25) is 4.79 Å². The number of benzene rings is 1. The van der Waals surface area contributed by atoms with Crippen LogP contribution in [0.15, 0.2) is 22.2 Å². The van der Waals surface area contributed by atoms with E-state index in [9.17, 15) is 4.79 Å². The molecular weight excluding hydrogens is 332 g/mol. The summed E-state index contributed by atoms with van der Waals surface area (Å²) in [6, 6.07) is 6.13. The lowest BCUT2D eigenvalue weighted by Gasteiger charge is -2.30. The lowest BCUT2D eigenvalue weighted by Crippen LogP contribution is -2.36. The van der Waals surface area contributed by atoms with Crippen molar-refractivity contribution in [1.82, 2.24) is 0 Å². The SMILES string of the molecule is N#CCC(=O)C1=Cc2cc(N3CCOCC3)c(Br)cc2C1. The van der Waals surface area contributed by atoms with Crippen LogP contribution < -0.4 is 4.90 Å². The van der Waals surface area contributed by atoms with Crippen molar-refractivity contribution in [1.29, 1.82) is 5.26 Å². The number of ketones is 1. The van der Waals surface area contributed by atoms with Gasteiger partial charge in [-0.25, -0.2) is 0 Å². The molecule has 1 aliphatic carbocycles. The normalized spacial score (nSPS) is 17.1. The minimum atomic E-state index is -0.0715. The number of fused-ring (bicyclic) bond motifs is 1. The first-order valence-electron chi connectivity index (χ1n) is 6.95. The summed E-state index contributed by atoms with van der Waals surface area (Å²) in [5.41, 5.74) is 4.10. The van der Waals surface area contributed by atoms with E-state index in [1.165, 1.54) is 0 Å². The molecule has 1 fully saturated rings. The zero-order valence-electron chi connectivity index (χ0n) is 11.6. The number of allylic oxidation sites excluding steroid dienone is 1. The number of rotatable bonds is 3. The first-order chi connectivity index (χ1) is 10.2. The quantitative estimate of drug-likeness (QED) is 0.844. The standard InChI is InChI=1S/C16H15BrN2O2/c17-14-9-11-7-13(16(20)1-2-18)8-12(11)10-15(14)19-3-5-21-6-4-19/h8-10H,1,3-7H2. The number of hydrogen-bond donors (Lipinski definition) is 0. The van der Waals surface area contributed by atoms with Crippen LogP contribution >= 0.6 is 15.9 Å². The number of nitrogens with zero attached hydrogens (tertiary/aromatic N) is 2. The topological polar surface area (TPSA) is 53.3 Å². The van der Waals surface area contributed by atoms with E-state index in [0.717, 1.165) is 53.2 Å². The van der Waals surface area contributed by atoms with Crippen LogP contribution in [0.25, 0.3) is 6.08 Å². The molecule has 0 atom stereocenters. The highest BCUT2D eigenvalue weighted by Gasteiger charge is 2.22. The van der Waals surface area contributed by atoms with E-state index in [1.54, 1.807) is 0 Å². The zero-order chi connectivity index (χ0) is 14.8. The molecule has 0 saturated carbocycles. The minimum Gasteiger partial charge on any atom is -0.378 e.